The summed E-state index contributed by atoms with van der Waals surface area (Å²) in [6.07, 6.45) is 0.769. The standard InChI is InChI=1S/C17H27N3O4S.HI/c1-5-18-16(19-10-17(21)6-7-25-11-17)20-12-8-13(22-2)15(24-4)14(9-12)23-3;/h8-9,21H,5-7,10-11H2,1-4H3,(H2,18,19,20);1H. The number of halogens is 1. The van der Waals surface area contributed by atoms with Crippen LogP contribution in [0.25, 0.3) is 0 Å². The Hall–Kier alpha value is -1.07. The van der Waals surface area contributed by atoms with E-state index in [0.717, 1.165) is 23.6 Å². The van der Waals surface area contributed by atoms with Crippen molar-refractivity contribution in [1.82, 2.24) is 5.32 Å². The highest BCUT2D eigenvalue weighted by molar-refractivity contribution is 14.0. The van der Waals surface area contributed by atoms with Gasteiger partial charge in [-0.3, -0.25) is 0 Å². The highest BCUT2D eigenvalue weighted by Gasteiger charge is 2.31. The van der Waals surface area contributed by atoms with Gasteiger partial charge in [-0.15, -0.1) is 24.0 Å². The minimum atomic E-state index is -0.720. The van der Waals surface area contributed by atoms with Gasteiger partial charge in [-0.05, 0) is 19.1 Å². The SMILES string of the molecule is CCNC(=NCC1(O)CCSC1)Nc1cc(OC)c(OC)c(OC)c1.I. The Kier molecular flexibility index (Phi) is 9.66. The Balaban J connectivity index is 0.00000338. The Morgan fingerprint density at radius 2 is 1.88 bits per heavy atom. The van der Waals surface area contributed by atoms with E-state index >= 15 is 0 Å². The van der Waals surface area contributed by atoms with Gasteiger partial charge >= 0.3 is 0 Å². The van der Waals surface area contributed by atoms with Crippen LogP contribution in [-0.2, 0) is 0 Å². The van der Waals surface area contributed by atoms with Gasteiger partial charge in [0.05, 0.1) is 33.5 Å². The Labute approximate surface area is 176 Å². The molecule has 0 amide bonds. The summed E-state index contributed by atoms with van der Waals surface area (Å²) in [5.41, 5.74) is 0.0319. The predicted molar refractivity (Wildman–Crippen MR) is 118 cm³/mol. The first-order valence-corrected chi connectivity index (χ1v) is 9.36. The zero-order valence-corrected chi connectivity index (χ0v) is 18.8. The highest BCUT2D eigenvalue weighted by Crippen LogP contribution is 2.39. The fourth-order valence-electron chi connectivity index (χ4n) is 2.54. The maximum absolute atomic E-state index is 10.5. The lowest BCUT2D eigenvalue weighted by Gasteiger charge is -2.20. The van der Waals surface area contributed by atoms with E-state index in [-0.39, 0.29) is 24.0 Å². The van der Waals surface area contributed by atoms with E-state index in [1.165, 1.54) is 0 Å². The van der Waals surface area contributed by atoms with Crippen LogP contribution in [0.4, 0.5) is 5.69 Å². The number of guanidine groups is 1. The number of hydrogen-bond donors (Lipinski definition) is 3. The number of anilines is 1. The predicted octanol–water partition coefficient (Wildman–Crippen LogP) is 2.58. The normalized spacial score (nSPS) is 19.5. The summed E-state index contributed by atoms with van der Waals surface area (Å²) in [5, 5.41) is 16.9. The van der Waals surface area contributed by atoms with Crippen molar-refractivity contribution in [3.63, 3.8) is 0 Å². The van der Waals surface area contributed by atoms with Crippen molar-refractivity contribution in [2.45, 2.75) is 18.9 Å². The zero-order valence-electron chi connectivity index (χ0n) is 15.6. The Bertz CT molecular complexity index is 585. The molecule has 1 heterocycles. The van der Waals surface area contributed by atoms with E-state index < -0.39 is 5.60 Å². The molecule has 2 rings (SSSR count). The molecule has 0 aromatic heterocycles. The van der Waals surface area contributed by atoms with Crippen molar-refractivity contribution in [2.75, 3.05) is 51.2 Å². The van der Waals surface area contributed by atoms with Gasteiger partial charge in [-0.1, -0.05) is 0 Å². The van der Waals surface area contributed by atoms with Crippen LogP contribution >= 0.6 is 35.7 Å². The van der Waals surface area contributed by atoms with Crippen LogP contribution in [-0.4, -0.2) is 62.6 Å². The van der Waals surface area contributed by atoms with Gasteiger partial charge in [0.15, 0.2) is 17.5 Å². The molecule has 0 bridgehead atoms. The molecule has 1 saturated heterocycles. The first kappa shape index (κ1) is 23.0. The molecule has 0 spiro atoms. The van der Waals surface area contributed by atoms with E-state index in [1.807, 2.05) is 19.1 Å². The largest absolute Gasteiger partial charge is 0.493 e. The summed E-state index contributed by atoms with van der Waals surface area (Å²) in [6.45, 7) is 3.07. The number of aliphatic imine (C=N–C) groups is 1. The van der Waals surface area contributed by atoms with E-state index in [1.54, 1.807) is 33.1 Å². The van der Waals surface area contributed by atoms with Crippen molar-refractivity contribution in [3.8, 4) is 17.2 Å². The average Bonchev–Trinajstić information content (AvgIpc) is 3.06. The monoisotopic (exact) mass is 497 g/mol. The van der Waals surface area contributed by atoms with Crippen LogP contribution in [0.15, 0.2) is 17.1 Å². The summed E-state index contributed by atoms with van der Waals surface area (Å²) in [7, 11) is 4.72. The third kappa shape index (κ3) is 5.98. The van der Waals surface area contributed by atoms with Crippen LogP contribution in [0.1, 0.15) is 13.3 Å². The average molecular weight is 497 g/mol. The fraction of sp³-hybridized carbons (Fsp3) is 0.588. The Morgan fingerprint density at radius 1 is 1.23 bits per heavy atom. The first-order chi connectivity index (χ1) is 12.0. The molecule has 0 saturated carbocycles. The molecule has 7 nitrogen and oxygen atoms in total. The number of nitrogens with one attached hydrogen (secondary N) is 2. The molecule has 1 aliphatic rings. The summed E-state index contributed by atoms with van der Waals surface area (Å²) in [4.78, 5) is 4.53. The highest BCUT2D eigenvalue weighted by atomic mass is 127. The fourth-order valence-corrected chi connectivity index (χ4v) is 3.83. The summed E-state index contributed by atoms with van der Waals surface area (Å²) < 4.78 is 16.1. The second-order valence-electron chi connectivity index (χ2n) is 5.76. The van der Waals surface area contributed by atoms with Gasteiger partial charge in [0, 0.05) is 30.1 Å². The quantitative estimate of drug-likeness (QED) is 0.304. The molecule has 0 radical (unpaired) electrons. The van der Waals surface area contributed by atoms with Gasteiger partial charge in [0.25, 0.3) is 0 Å². The van der Waals surface area contributed by atoms with E-state index in [0.29, 0.717) is 36.3 Å². The third-order valence-electron chi connectivity index (χ3n) is 3.89. The van der Waals surface area contributed by atoms with Crippen LogP contribution in [0.5, 0.6) is 17.2 Å². The van der Waals surface area contributed by atoms with E-state index in [9.17, 15) is 5.11 Å². The molecule has 3 N–H and O–H groups in total. The molecule has 26 heavy (non-hydrogen) atoms. The molecular weight excluding hydrogens is 469 g/mol. The van der Waals surface area contributed by atoms with E-state index in [2.05, 4.69) is 15.6 Å². The lowest BCUT2D eigenvalue weighted by molar-refractivity contribution is 0.0779. The topological polar surface area (TPSA) is 84.3 Å². The van der Waals surface area contributed by atoms with Gasteiger partial charge in [-0.25, -0.2) is 4.99 Å². The number of methoxy groups -OCH3 is 3. The summed E-state index contributed by atoms with van der Waals surface area (Å²) in [6, 6.07) is 3.63. The molecule has 1 unspecified atom stereocenters. The lowest BCUT2D eigenvalue weighted by Crippen LogP contribution is -2.36. The number of nitrogens with zero attached hydrogens (tertiary/aromatic N) is 1. The summed E-state index contributed by atoms with van der Waals surface area (Å²) >= 11 is 1.76. The first-order valence-electron chi connectivity index (χ1n) is 8.20. The summed E-state index contributed by atoms with van der Waals surface area (Å²) in [5.74, 6) is 3.96. The van der Waals surface area contributed by atoms with Crippen LogP contribution in [0.2, 0.25) is 0 Å². The van der Waals surface area contributed by atoms with Gasteiger partial charge < -0.3 is 30.0 Å². The maximum atomic E-state index is 10.5. The van der Waals surface area contributed by atoms with Crippen LogP contribution in [0, 0.1) is 0 Å². The minimum Gasteiger partial charge on any atom is -0.493 e. The minimum absolute atomic E-state index is 0. The van der Waals surface area contributed by atoms with Gasteiger partial charge in [0.2, 0.25) is 5.75 Å². The van der Waals surface area contributed by atoms with Gasteiger partial charge in [0.1, 0.15) is 0 Å². The smallest absolute Gasteiger partial charge is 0.203 e. The molecule has 9 heteroatoms. The van der Waals surface area contributed by atoms with Crippen molar-refractivity contribution in [1.29, 1.82) is 0 Å². The maximum Gasteiger partial charge on any atom is 0.203 e. The van der Waals surface area contributed by atoms with Crippen molar-refractivity contribution in [3.05, 3.63) is 12.1 Å². The van der Waals surface area contributed by atoms with Crippen LogP contribution < -0.4 is 24.8 Å². The molecule has 148 valence electrons. The number of rotatable bonds is 7. The van der Waals surface area contributed by atoms with Gasteiger partial charge in [-0.2, -0.15) is 11.8 Å². The van der Waals surface area contributed by atoms with Crippen molar-refractivity contribution in [2.24, 2.45) is 4.99 Å². The van der Waals surface area contributed by atoms with Crippen molar-refractivity contribution >= 4 is 47.4 Å². The third-order valence-corrected chi connectivity index (χ3v) is 5.12. The number of thioether (sulfide) groups is 1. The number of aliphatic hydroxyl groups is 1. The van der Waals surface area contributed by atoms with Crippen molar-refractivity contribution < 1.29 is 19.3 Å². The molecule has 0 aliphatic carbocycles. The molecule has 1 aromatic carbocycles. The molecule has 1 aliphatic heterocycles. The second-order valence-corrected chi connectivity index (χ2v) is 6.87. The zero-order chi connectivity index (χ0) is 18.3. The Morgan fingerprint density at radius 3 is 2.35 bits per heavy atom. The molecule has 1 aromatic rings. The lowest BCUT2D eigenvalue weighted by atomic mass is 10.1. The van der Waals surface area contributed by atoms with Crippen LogP contribution in [0.3, 0.4) is 0 Å². The number of ether oxygens (including phenoxy) is 3. The molecule has 1 atom stereocenters. The number of benzene rings is 1. The molecule has 1 fully saturated rings. The second kappa shape index (κ2) is 10.9. The molecular formula is C17H28IN3O4S. The number of hydrogen-bond acceptors (Lipinski definition) is 6. The van der Waals surface area contributed by atoms with E-state index in [4.69, 9.17) is 14.2 Å².